The highest BCUT2D eigenvalue weighted by atomic mass is 32.2. The minimum atomic E-state index is -0.0769. The van der Waals surface area contributed by atoms with Gasteiger partial charge in [0.15, 0.2) is 0 Å². The molecule has 0 aliphatic carbocycles. The van der Waals surface area contributed by atoms with E-state index >= 15 is 0 Å². The van der Waals surface area contributed by atoms with Crippen LogP contribution in [0.3, 0.4) is 0 Å². The van der Waals surface area contributed by atoms with Crippen molar-refractivity contribution < 1.29 is 9.59 Å². The van der Waals surface area contributed by atoms with Gasteiger partial charge in [0.1, 0.15) is 4.32 Å². The third kappa shape index (κ3) is 4.27. The van der Waals surface area contributed by atoms with Crippen molar-refractivity contribution >= 4 is 40.1 Å². The van der Waals surface area contributed by atoms with E-state index < -0.39 is 0 Å². The van der Waals surface area contributed by atoms with Crippen LogP contribution in [0.2, 0.25) is 0 Å². The Bertz CT molecular complexity index is 331. The molecule has 1 heterocycles. The summed E-state index contributed by atoms with van der Waals surface area (Å²) in [7, 11) is 0. The van der Waals surface area contributed by atoms with Gasteiger partial charge < -0.3 is 5.32 Å². The minimum absolute atomic E-state index is 0.0262. The molecule has 4 nitrogen and oxygen atoms in total. The lowest BCUT2D eigenvalue weighted by atomic mass is 10.2. The fourth-order valence-electron chi connectivity index (χ4n) is 1.57. The number of hydrogen-bond acceptors (Lipinski definition) is 4. The largest absolute Gasteiger partial charge is 0.354 e. The van der Waals surface area contributed by atoms with Gasteiger partial charge in [-0.25, -0.2) is 0 Å². The zero-order valence-electron chi connectivity index (χ0n) is 10.4. The maximum absolute atomic E-state index is 11.7. The Kier molecular flexibility index (Phi) is 5.39. The molecular formula is C11H18N2O2S2. The van der Waals surface area contributed by atoms with Crippen molar-refractivity contribution in [3.8, 4) is 0 Å². The summed E-state index contributed by atoms with van der Waals surface area (Å²) in [4.78, 5) is 24.7. The van der Waals surface area contributed by atoms with Gasteiger partial charge in [0.25, 0.3) is 0 Å². The monoisotopic (exact) mass is 274 g/mol. The molecule has 1 saturated heterocycles. The molecule has 1 rings (SSSR count). The highest BCUT2D eigenvalue weighted by Gasteiger charge is 2.33. The minimum Gasteiger partial charge on any atom is -0.354 e. The Labute approximate surface area is 111 Å². The predicted octanol–water partition coefficient (Wildman–Crippen LogP) is 1.54. The number of carbonyl (C=O) groups excluding carboxylic acids is 2. The molecule has 0 aromatic carbocycles. The molecule has 96 valence electrons. The molecular weight excluding hydrogens is 256 g/mol. The van der Waals surface area contributed by atoms with E-state index in [1.165, 1.54) is 11.8 Å². The van der Waals surface area contributed by atoms with Gasteiger partial charge in [-0.2, -0.15) is 0 Å². The Balaban J connectivity index is 2.29. The summed E-state index contributed by atoms with van der Waals surface area (Å²) in [5.74, 6) is 0.0857. The first kappa shape index (κ1) is 14.4. The lowest BCUT2D eigenvalue weighted by Gasteiger charge is -2.15. The van der Waals surface area contributed by atoms with Crippen LogP contribution in [0, 0.1) is 0 Å². The van der Waals surface area contributed by atoms with E-state index in [2.05, 4.69) is 5.32 Å². The third-order valence-electron chi connectivity index (χ3n) is 2.35. The second kappa shape index (κ2) is 6.35. The fraction of sp³-hybridized carbons (Fsp3) is 0.727. The number of amides is 2. The molecule has 0 radical (unpaired) electrons. The predicted molar refractivity (Wildman–Crippen MR) is 73.9 cm³/mol. The Morgan fingerprint density at radius 3 is 2.71 bits per heavy atom. The lowest BCUT2D eigenvalue weighted by molar-refractivity contribution is -0.126. The molecule has 1 aliphatic heterocycles. The maximum atomic E-state index is 11.7. The quantitative estimate of drug-likeness (QED) is 0.773. The third-order valence-corrected chi connectivity index (χ3v) is 3.83. The zero-order chi connectivity index (χ0) is 13.0. The van der Waals surface area contributed by atoms with Crippen molar-refractivity contribution in [2.75, 3.05) is 6.54 Å². The standard InChI is InChI=1S/C11H18N2O2S2/c1-7(2)12-9(14)5-4-6-13-10(15)8(3)17-11(13)16/h7-8H,4-6H2,1-3H3,(H,12,14). The number of rotatable bonds is 5. The molecule has 0 aromatic heterocycles. The molecule has 0 spiro atoms. The molecule has 2 amide bonds. The Morgan fingerprint density at radius 2 is 2.24 bits per heavy atom. The molecule has 0 saturated carbocycles. The van der Waals surface area contributed by atoms with E-state index in [9.17, 15) is 9.59 Å². The average molecular weight is 274 g/mol. The van der Waals surface area contributed by atoms with Crippen molar-refractivity contribution in [1.82, 2.24) is 10.2 Å². The number of nitrogens with one attached hydrogen (secondary N) is 1. The van der Waals surface area contributed by atoms with Crippen LogP contribution in [0.15, 0.2) is 0 Å². The topological polar surface area (TPSA) is 49.4 Å². The van der Waals surface area contributed by atoms with E-state index in [1.807, 2.05) is 20.8 Å². The summed E-state index contributed by atoms with van der Waals surface area (Å²) < 4.78 is 0.631. The lowest BCUT2D eigenvalue weighted by Crippen LogP contribution is -2.33. The molecule has 1 atom stereocenters. The fourth-order valence-corrected chi connectivity index (χ4v) is 3.02. The molecule has 6 heteroatoms. The van der Waals surface area contributed by atoms with E-state index in [1.54, 1.807) is 4.90 Å². The normalized spacial score (nSPS) is 20.2. The number of thiocarbonyl (C=S) groups is 1. The highest BCUT2D eigenvalue weighted by Crippen LogP contribution is 2.26. The molecule has 1 fully saturated rings. The van der Waals surface area contributed by atoms with Crippen LogP contribution in [0.4, 0.5) is 0 Å². The van der Waals surface area contributed by atoms with Gasteiger partial charge in [0.05, 0.1) is 5.25 Å². The summed E-state index contributed by atoms with van der Waals surface area (Å²) in [5, 5.41) is 2.74. The van der Waals surface area contributed by atoms with Crippen molar-refractivity contribution in [1.29, 1.82) is 0 Å². The average Bonchev–Trinajstić information content (AvgIpc) is 2.43. The molecule has 0 bridgehead atoms. The second-order valence-corrected chi connectivity index (χ2v) is 6.32. The van der Waals surface area contributed by atoms with Crippen molar-refractivity contribution in [3.63, 3.8) is 0 Å². The maximum Gasteiger partial charge on any atom is 0.241 e. The van der Waals surface area contributed by atoms with E-state index in [0.29, 0.717) is 23.7 Å². The van der Waals surface area contributed by atoms with Crippen LogP contribution < -0.4 is 5.32 Å². The van der Waals surface area contributed by atoms with Crippen LogP contribution in [0.1, 0.15) is 33.6 Å². The van der Waals surface area contributed by atoms with E-state index in [0.717, 1.165) is 0 Å². The van der Waals surface area contributed by atoms with Gasteiger partial charge in [0.2, 0.25) is 11.8 Å². The SMILES string of the molecule is CC(C)NC(=O)CCCN1C(=O)C(C)SC1=S. The summed E-state index contributed by atoms with van der Waals surface area (Å²) in [6, 6.07) is 0.160. The van der Waals surface area contributed by atoms with Crippen molar-refractivity contribution in [2.45, 2.75) is 44.9 Å². The molecule has 1 aliphatic rings. The van der Waals surface area contributed by atoms with Crippen molar-refractivity contribution in [2.24, 2.45) is 0 Å². The van der Waals surface area contributed by atoms with Crippen molar-refractivity contribution in [3.05, 3.63) is 0 Å². The second-order valence-electron chi connectivity index (χ2n) is 4.34. The first-order chi connectivity index (χ1) is 7.91. The number of carbonyl (C=O) groups is 2. The van der Waals surface area contributed by atoms with Crippen LogP contribution in [0.5, 0.6) is 0 Å². The Morgan fingerprint density at radius 1 is 1.59 bits per heavy atom. The molecule has 0 aromatic rings. The van der Waals surface area contributed by atoms with Gasteiger partial charge in [-0.05, 0) is 27.2 Å². The molecule has 1 unspecified atom stereocenters. The van der Waals surface area contributed by atoms with Gasteiger partial charge in [0, 0.05) is 19.0 Å². The van der Waals surface area contributed by atoms with E-state index in [-0.39, 0.29) is 23.1 Å². The number of hydrogen-bond donors (Lipinski definition) is 1. The van der Waals surface area contributed by atoms with E-state index in [4.69, 9.17) is 12.2 Å². The van der Waals surface area contributed by atoms with Gasteiger partial charge in [-0.3, -0.25) is 14.5 Å². The first-order valence-electron chi connectivity index (χ1n) is 5.73. The van der Waals surface area contributed by atoms with Crippen LogP contribution in [0.25, 0.3) is 0 Å². The van der Waals surface area contributed by atoms with Crippen LogP contribution in [-0.2, 0) is 9.59 Å². The smallest absolute Gasteiger partial charge is 0.241 e. The highest BCUT2D eigenvalue weighted by molar-refractivity contribution is 8.24. The molecule has 17 heavy (non-hydrogen) atoms. The summed E-state index contributed by atoms with van der Waals surface area (Å²) in [6.45, 7) is 6.25. The summed E-state index contributed by atoms with van der Waals surface area (Å²) in [6.07, 6.45) is 1.08. The zero-order valence-corrected chi connectivity index (χ0v) is 12.0. The number of nitrogens with zero attached hydrogens (tertiary/aromatic N) is 1. The van der Waals surface area contributed by atoms with Gasteiger partial charge in [-0.1, -0.05) is 24.0 Å². The first-order valence-corrected chi connectivity index (χ1v) is 7.02. The Hall–Kier alpha value is -0.620. The molecule has 1 N–H and O–H groups in total. The summed E-state index contributed by atoms with van der Waals surface area (Å²) in [5.41, 5.74) is 0. The number of thioether (sulfide) groups is 1. The van der Waals surface area contributed by atoms with Crippen LogP contribution in [-0.4, -0.2) is 38.9 Å². The van der Waals surface area contributed by atoms with Gasteiger partial charge >= 0.3 is 0 Å². The van der Waals surface area contributed by atoms with Gasteiger partial charge in [-0.15, -0.1) is 0 Å². The summed E-state index contributed by atoms with van der Waals surface area (Å²) >= 11 is 6.52. The van der Waals surface area contributed by atoms with Crippen LogP contribution >= 0.6 is 24.0 Å².